The Morgan fingerprint density at radius 2 is 1.95 bits per heavy atom. The molecule has 4 fully saturated rings. The summed E-state index contributed by atoms with van der Waals surface area (Å²) in [6.07, 6.45) is 7.22. The SMILES string of the molecule is C[C@]12CCC(=O)C=C1[C@H]1C[C@H]1[C@@H]1[C@@H]2CC[C@]2(C)C(=O)NC[C@@H]12. The highest BCUT2D eigenvalue weighted by atomic mass is 16.2. The zero-order valence-electron chi connectivity index (χ0n) is 13.5. The van der Waals surface area contributed by atoms with Crippen molar-refractivity contribution in [2.45, 2.75) is 46.0 Å². The summed E-state index contributed by atoms with van der Waals surface area (Å²) < 4.78 is 0. The minimum atomic E-state index is -0.129. The highest BCUT2D eigenvalue weighted by molar-refractivity contribution is 5.92. The second-order valence-electron chi connectivity index (χ2n) is 8.95. The Hall–Kier alpha value is -1.12. The topological polar surface area (TPSA) is 46.2 Å². The molecule has 0 aromatic carbocycles. The van der Waals surface area contributed by atoms with E-state index in [0.717, 1.165) is 38.1 Å². The molecule has 1 heterocycles. The lowest BCUT2D eigenvalue weighted by Gasteiger charge is -2.56. The third kappa shape index (κ3) is 1.39. The Balaban J connectivity index is 1.59. The standard InChI is InChI=1S/C19H25NO2/c1-18-5-3-10(21)7-14(18)11-8-12(11)16-13(18)4-6-19(2)15(16)9-20-17(19)22/h7,11-13,15-16H,3-6,8-9H2,1-2H3,(H,20,22)/t11-,12+,13-,15-,16+,18+,19-/m0/s1. The Kier molecular flexibility index (Phi) is 2.34. The van der Waals surface area contributed by atoms with Gasteiger partial charge in [-0.15, -0.1) is 0 Å². The van der Waals surface area contributed by atoms with Crippen LogP contribution in [0.4, 0.5) is 0 Å². The average Bonchev–Trinajstić information content (AvgIpc) is 3.22. The maximum Gasteiger partial charge on any atom is 0.226 e. The Morgan fingerprint density at radius 3 is 2.77 bits per heavy atom. The maximum atomic E-state index is 12.4. The fourth-order valence-electron chi connectivity index (χ4n) is 6.79. The monoisotopic (exact) mass is 299 g/mol. The molecular formula is C19H25NO2. The predicted molar refractivity (Wildman–Crippen MR) is 82.8 cm³/mol. The van der Waals surface area contributed by atoms with Crippen molar-refractivity contribution in [3.05, 3.63) is 11.6 Å². The summed E-state index contributed by atoms with van der Waals surface area (Å²) in [4.78, 5) is 24.3. The van der Waals surface area contributed by atoms with Gasteiger partial charge < -0.3 is 5.32 Å². The summed E-state index contributed by atoms with van der Waals surface area (Å²) in [6.45, 7) is 5.50. The average molecular weight is 299 g/mol. The summed E-state index contributed by atoms with van der Waals surface area (Å²) in [7, 11) is 0. The van der Waals surface area contributed by atoms with Gasteiger partial charge in [0.25, 0.3) is 0 Å². The number of nitrogens with one attached hydrogen (secondary N) is 1. The fraction of sp³-hybridized carbons (Fsp3) is 0.789. The van der Waals surface area contributed by atoms with Crippen LogP contribution in [0.3, 0.4) is 0 Å². The minimum absolute atomic E-state index is 0.129. The van der Waals surface area contributed by atoms with E-state index in [9.17, 15) is 9.59 Å². The van der Waals surface area contributed by atoms with Crippen LogP contribution in [0, 0.1) is 40.4 Å². The molecule has 7 atom stereocenters. The van der Waals surface area contributed by atoms with Gasteiger partial charge in [0.2, 0.25) is 5.91 Å². The lowest BCUT2D eigenvalue weighted by Crippen LogP contribution is -2.52. The number of amides is 1. The quantitative estimate of drug-likeness (QED) is 0.747. The van der Waals surface area contributed by atoms with Crippen LogP contribution in [0.15, 0.2) is 11.6 Å². The first kappa shape index (κ1) is 13.3. The number of hydrogen-bond donors (Lipinski definition) is 1. The van der Waals surface area contributed by atoms with Crippen molar-refractivity contribution in [2.75, 3.05) is 6.54 Å². The molecule has 0 aromatic heterocycles. The van der Waals surface area contributed by atoms with Gasteiger partial charge in [-0.2, -0.15) is 0 Å². The van der Waals surface area contributed by atoms with Crippen molar-refractivity contribution >= 4 is 11.7 Å². The number of rotatable bonds is 0. The molecule has 4 aliphatic carbocycles. The molecule has 1 saturated heterocycles. The molecular weight excluding hydrogens is 274 g/mol. The first-order valence-corrected chi connectivity index (χ1v) is 8.98. The highest BCUT2D eigenvalue weighted by Crippen LogP contribution is 2.72. The van der Waals surface area contributed by atoms with Crippen LogP contribution >= 0.6 is 0 Å². The molecule has 118 valence electrons. The van der Waals surface area contributed by atoms with Crippen LogP contribution in [0.2, 0.25) is 0 Å². The van der Waals surface area contributed by atoms with Gasteiger partial charge in [-0.25, -0.2) is 0 Å². The van der Waals surface area contributed by atoms with Crippen LogP contribution in [-0.2, 0) is 9.59 Å². The molecule has 3 saturated carbocycles. The van der Waals surface area contributed by atoms with E-state index in [4.69, 9.17) is 0 Å². The van der Waals surface area contributed by atoms with Gasteiger partial charge in [-0.05, 0) is 66.8 Å². The van der Waals surface area contributed by atoms with Gasteiger partial charge in [0.1, 0.15) is 0 Å². The molecule has 3 nitrogen and oxygen atoms in total. The zero-order valence-corrected chi connectivity index (χ0v) is 13.5. The van der Waals surface area contributed by atoms with Gasteiger partial charge in [0.05, 0.1) is 5.41 Å². The summed E-state index contributed by atoms with van der Waals surface area (Å²) >= 11 is 0. The molecule has 5 aliphatic rings. The number of carbonyl (C=O) groups excluding carboxylic acids is 2. The molecule has 3 heteroatoms. The van der Waals surface area contributed by atoms with Crippen LogP contribution in [0.5, 0.6) is 0 Å². The summed E-state index contributed by atoms with van der Waals surface area (Å²) in [5.74, 6) is 3.92. The molecule has 22 heavy (non-hydrogen) atoms. The van der Waals surface area contributed by atoms with Crippen LogP contribution in [0.1, 0.15) is 46.0 Å². The number of carbonyl (C=O) groups is 2. The van der Waals surface area contributed by atoms with E-state index < -0.39 is 0 Å². The second kappa shape index (κ2) is 3.85. The first-order valence-electron chi connectivity index (χ1n) is 8.98. The minimum Gasteiger partial charge on any atom is -0.355 e. The molecule has 1 aliphatic heterocycles. The van der Waals surface area contributed by atoms with Gasteiger partial charge in [-0.3, -0.25) is 9.59 Å². The van der Waals surface area contributed by atoms with E-state index in [1.54, 1.807) is 0 Å². The Bertz CT molecular complexity index is 623. The van der Waals surface area contributed by atoms with E-state index in [1.165, 1.54) is 12.0 Å². The van der Waals surface area contributed by atoms with Gasteiger partial charge in [0, 0.05) is 13.0 Å². The number of allylic oxidation sites excluding steroid dienone is 2. The second-order valence-corrected chi connectivity index (χ2v) is 8.95. The Morgan fingerprint density at radius 1 is 1.14 bits per heavy atom. The summed E-state index contributed by atoms with van der Waals surface area (Å²) in [5, 5.41) is 3.16. The smallest absolute Gasteiger partial charge is 0.226 e. The summed E-state index contributed by atoms with van der Waals surface area (Å²) in [5.41, 5.74) is 1.58. The van der Waals surface area contributed by atoms with Crippen LogP contribution < -0.4 is 5.32 Å². The fourth-order valence-corrected chi connectivity index (χ4v) is 6.79. The van der Waals surface area contributed by atoms with E-state index in [2.05, 4.69) is 19.2 Å². The molecule has 0 aromatic rings. The van der Waals surface area contributed by atoms with Gasteiger partial charge in [-0.1, -0.05) is 19.4 Å². The van der Waals surface area contributed by atoms with Crippen LogP contribution in [0.25, 0.3) is 0 Å². The highest BCUT2D eigenvalue weighted by Gasteiger charge is 2.67. The predicted octanol–water partition coefficient (Wildman–Crippen LogP) is 2.71. The largest absolute Gasteiger partial charge is 0.355 e. The Labute approximate surface area is 131 Å². The third-order valence-electron chi connectivity index (χ3n) is 8.14. The molecule has 0 bridgehead atoms. The van der Waals surface area contributed by atoms with E-state index in [0.29, 0.717) is 35.4 Å². The lowest BCUT2D eigenvalue weighted by atomic mass is 9.47. The van der Waals surface area contributed by atoms with Crippen molar-refractivity contribution in [2.24, 2.45) is 40.4 Å². The van der Waals surface area contributed by atoms with E-state index >= 15 is 0 Å². The van der Waals surface area contributed by atoms with Gasteiger partial charge in [0.15, 0.2) is 5.78 Å². The van der Waals surface area contributed by atoms with E-state index in [-0.39, 0.29) is 10.8 Å². The first-order chi connectivity index (χ1) is 10.4. The van der Waals surface area contributed by atoms with E-state index in [1.807, 2.05) is 6.08 Å². The van der Waals surface area contributed by atoms with Gasteiger partial charge >= 0.3 is 0 Å². The molecule has 0 radical (unpaired) electrons. The van der Waals surface area contributed by atoms with Crippen molar-refractivity contribution in [3.63, 3.8) is 0 Å². The molecule has 1 N–H and O–H groups in total. The molecule has 5 rings (SSSR count). The zero-order chi connectivity index (χ0) is 15.3. The molecule has 0 spiro atoms. The summed E-state index contributed by atoms with van der Waals surface area (Å²) in [6, 6.07) is 0. The number of fused-ring (bicyclic) bond motifs is 8. The number of ketones is 1. The lowest BCUT2D eigenvalue weighted by molar-refractivity contribution is -0.134. The van der Waals surface area contributed by atoms with Crippen LogP contribution in [-0.4, -0.2) is 18.2 Å². The van der Waals surface area contributed by atoms with Crippen molar-refractivity contribution < 1.29 is 9.59 Å². The van der Waals surface area contributed by atoms with Crippen molar-refractivity contribution in [1.29, 1.82) is 0 Å². The molecule has 1 amide bonds. The normalized spacial score (nSPS) is 55.4. The number of hydrogen-bond acceptors (Lipinski definition) is 2. The van der Waals surface area contributed by atoms with Crippen molar-refractivity contribution in [3.8, 4) is 0 Å². The maximum absolute atomic E-state index is 12.4. The third-order valence-corrected chi connectivity index (χ3v) is 8.14. The van der Waals surface area contributed by atoms with Crippen molar-refractivity contribution in [1.82, 2.24) is 5.32 Å². The molecule has 0 unspecified atom stereocenters.